The number of nitrogens with zero attached hydrogens (tertiary/aromatic N) is 1. The normalized spacial score (nSPS) is 13.3. The molecule has 1 aliphatic heterocycles. The number of anilines is 3. The number of hydrogen-bond donors (Lipinski definition) is 0. The van der Waals surface area contributed by atoms with Crippen molar-refractivity contribution in [2.75, 3.05) is 4.90 Å². The summed E-state index contributed by atoms with van der Waals surface area (Å²) in [5.74, 6) is 0. The van der Waals surface area contributed by atoms with Crippen molar-refractivity contribution in [3.63, 3.8) is 0 Å². The summed E-state index contributed by atoms with van der Waals surface area (Å²) in [5.41, 5.74) is 10.4. The number of furan rings is 1. The highest BCUT2D eigenvalue weighted by Crippen LogP contribution is 2.45. The van der Waals surface area contributed by atoms with Gasteiger partial charge in [-0.25, -0.2) is 0 Å². The average Bonchev–Trinajstić information content (AvgIpc) is 3.82. The Morgan fingerprint density at radius 1 is 0.481 bits per heavy atom. The second-order valence-electron chi connectivity index (χ2n) is 14.5. The van der Waals surface area contributed by atoms with Gasteiger partial charge in [0.1, 0.15) is 19.2 Å². The first-order chi connectivity index (χ1) is 25.5. The molecule has 0 aliphatic carbocycles. The average molecular weight is 700 g/mol. The van der Waals surface area contributed by atoms with Gasteiger partial charge in [0.15, 0.2) is 0 Å². The molecule has 10 aromatic rings. The molecule has 0 saturated carbocycles. The van der Waals surface area contributed by atoms with Gasteiger partial charge in [0.25, 0.3) is 0 Å². The highest BCUT2D eigenvalue weighted by atomic mass is 32.1. The number of para-hydroxylation sites is 1. The number of hydrogen-bond acceptors (Lipinski definition) is 3. The Bertz CT molecular complexity index is 3060. The molecule has 4 heteroatoms. The zero-order valence-electron chi connectivity index (χ0n) is 28.9. The fourth-order valence-electron chi connectivity index (χ4n) is 8.64. The van der Waals surface area contributed by atoms with Crippen LogP contribution in [0.3, 0.4) is 0 Å². The summed E-state index contributed by atoms with van der Waals surface area (Å²) in [6.07, 6.45) is 0. The molecule has 1 aliphatic rings. The van der Waals surface area contributed by atoms with Crippen molar-refractivity contribution >= 4 is 99.7 Å². The highest BCUT2D eigenvalue weighted by molar-refractivity contribution is 7.26. The summed E-state index contributed by atoms with van der Waals surface area (Å²) in [6, 6.07) is 60.2. The summed E-state index contributed by atoms with van der Waals surface area (Å²) in [6.45, 7) is 5.04. The van der Waals surface area contributed by atoms with Crippen molar-refractivity contribution in [3.05, 3.63) is 164 Å². The lowest BCUT2D eigenvalue weighted by atomic mass is 9.99. The third kappa shape index (κ3) is 4.35. The first-order valence-electron chi connectivity index (χ1n) is 17.9. The Kier molecular flexibility index (Phi) is 6.31. The molecule has 11 rings (SSSR count). The first kappa shape index (κ1) is 29.8. The van der Waals surface area contributed by atoms with Gasteiger partial charge < -0.3 is 9.32 Å². The molecule has 0 saturated heterocycles. The van der Waals surface area contributed by atoms with Crippen molar-refractivity contribution in [1.29, 1.82) is 0 Å². The van der Waals surface area contributed by atoms with Crippen LogP contribution < -0.4 is 15.3 Å². The standard InChI is InChI=1S/C48H33NOSSi/c1-52(2)45-26-25-44-47(39-12-6-8-14-43(39)51-44)48(45)40-24-22-36(29-46(40)52)49(35-21-23-38-37-11-5-7-13-41(37)50-42(38)28-35)34-19-17-31(18-20-34)33-16-15-30-9-3-4-10-32(30)27-33/h3-29H,1-2H3. The molecule has 2 nitrogen and oxygen atoms in total. The van der Waals surface area contributed by atoms with Gasteiger partial charge in [-0.05, 0) is 104 Å². The minimum Gasteiger partial charge on any atom is -0.456 e. The van der Waals surface area contributed by atoms with E-state index in [0.29, 0.717) is 0 Å². The van der Waals surface area contributed by atoms with Gasteiger partial charge in [0.05, 0.1) is 0 Å². The van der Waals surface area contributed by atoms with Crippen LogP contribution in [0, 0.1) is 0 Å². The van der Waals surface area contributed by atoms with Crippen LogP contribution >= 0.6 is 11.3 Å². The van der Waals surface area contributed by atoms with E-state index < -0.39 is 8.07 Å². The SMILES string of the molecule is C[Si]1(C)c2cc(N(c3ccc(-c4ccc5ccccc5c4)cc3)c3ccc4c(c3)oc3ccccc34)ccc2-c2c1ccc1sc3ccccc3c21. The minimum absolute atomic E-state index is 0.895. The van der Waals surface area contributed by atoms with Crippen molar-refractivity contribution in [1.82, 2.24) is 0 Å². The van der Waals surface area contributed by atoms with Crippen molar-refractivity contribution in [2.24, 2.45) is 0 Å². The molecule has 3 heterocycles. The molecule has 8 aromatic carbocycles. The molecule has 246 valence electrons. The Morgan fingerprint density at radius 3 is 2.06 bits per heavy atom. The maximum absolute atomic E-state index is 6.43. The van der Waals surface area contributed by atoms with Gasteiger partial charge in [-0.1, -0.05) is 110 Å². The summed E-state index contributed by atoms with van der Waals surface area (Å²) in [4.78, 5) is 2.40. The zero-order valence-corrected chi connectivity index (χ0v) is 30.7. The van der Waals surface area contributed by atoms with Crippen LogP contribution in [0.25, 0.3) is 75.1 Å². The lowest BCUT2D eigenvalue weighted by molar-refractivity contribution is 0.669. The van der Waals surface area contributed by atoms with Crippen LogP contribution in [0.5, 0.6) is 0 Å². The molecule has 0 unspecified atom stereocenters. The summed E-state index contributed by atoms with van der Waals surface area (Å²) >= 11 is 1.91. The van der Waals surface area contributed by atoms with E-state index >= 15 is 0 Å². The summed E-state index contributed by atoms with van der Waals surface area (Å²) in [7, 11) is -2.02. The smallest absolute Gasteiger partial charge is 0.137 e. The maximum Gasteiger partial charge on any atom is 0.137 e. The molecule has 0 atom stereocenters. The fourth-order valence-corrected chi connectivity index (χ4v) is 12.8. The molecule has 0 bridgehead atoms. The van der Waals surface area contributed by atoms with E-state index in [9.17, 15) is 0 Å². The molecular weight excluding hydrogens is 667 g/mol. The molecule has 0 N–H and O–H groups in total. The van der Waals surface area contributed by atoms with Crippen LogP contribution in [0.2, 0.25) is 13.1 Å². The molecular formula is C48H33NOSSi. The second kappa shape index (κ2) is 11.0. The summed E-state index contributed by atoms with van der Waals surface area (Å²) < 4.78 is 9.15. The van der Waals surface area contributed by atoms with Crippen molar-refractivity contribution in [3.8, 4) is 22.3 Å². The van der Waals surface area contributed by atoms with E-state index in [-0.39, 0.29) is 0 Å². The molecule has 0 fully saturated rings. The van der Waals surface area contributed by atoms with Crippen molar-refractivity contribution < 1.29 is 4.42 Å². The predicted molar refractivity (Wildman–Crippen MR) is 226 cm³/mol. The maximum atomic E-state index is 6.43. The largest absolute Gasteiger partial charge is 0.456 e. The Hall–Kier alpha value is -5.94. The lowest BCUT2D eigenvalue weighted by Gasteiger charge is -2.27. The topological polar surface area (TPSA) is 16.4 Å². The molecule has 2 aromatic heterocycles. The van der Waals surface area contributed by atoms with E-state index in [0.717, 1.165) is 39.0 Å². The van der Waals surface area contributed by atoms with E-state index in [4.69, 9.17) is 4.42 Å². The zero-order chi connectivity index (χ0) is 34.6. The van der Waals surface area contributed by atoms with E-state index in [2.05, 4.69) is 176 Å². The molecule has 52 heavy (non-hydrogen) atoms. The molecule has 0 amide bonds. The third-order valence-electron chi connectivity index (χ3n) is 11.2. The number of thiophene rings is 1. The molecule has 0 radical (unpaired) electrons. The monoisotopic (exact) mass is 699 g/mol. The highest BCUT2D eigenvalue weighted by Gasteiger charge is 2.39. The van der Waals surface area contributed by atoms with Gasteiger partial charge in [0, 0.05) is 54.1 Å². The van der Waals surface area contributed by atoms with Gasteiger partial charge in [-0.15, -0.1) is 11.3 Å². The van der Waals surface area contributed by atoms with Gasteiger partial charge in [-0.3, -0.25) is 0 Å². The lowest BCUT2D eigenvalue weighted by Crippen LogP contribution is -2.49. The van der Waals surface area contributed by atoms with Gasteiger partial charge >= 0.3 is 0 Å². The molecule has 0 spiro atoms. The Morgan fingerprint density at radius 2 is 1.17 bits per heavy atom. The number of benzene rings is 8. The number of rotatable bonds is 4. The predicted octanol–water partition coefficient (Wildman–Crippen LogP) is 13.0. The van der Waals surface area contributed by atoms with Crippen LogP contribution in [-0.2, 0) is 0 Å². The van der Waals surface area contributed by atoms with Crippen LogP contribution in [0.1, 0.15) is 0 Å². The van der Waals surface area contributed by atoms with E-state index in [1.165, 1.54) is 63.6 Å². The van der Waals surface area contributed by atoms with E-state index in [1.807, 2.05) is 17.4 Å². The summed E-state index contributed by atoms with van der Waals surface area (Å²) in [5, 5.41) is 10.6. The first-order valence-corrected chi connectivity index (χ1v) is 21.7. The Balaban J connectivity index is 1.09. The van der Waals surface area contributed by atoms with Gasteiger partial charge in [0.2, 0.25) is 0 Å². The minimum atomic E-state index is -2.02. The second-order valence-corrected chi connectivity index (χ2v) is 19.9. The van der Waals surface area contributed by atoms with Crippen molar-refractivity contribution in [2.45, 2.75) is 13.1 Å². The van der Waals surface area contributed by atoms with E-state index in [1.54, 1.807) is 0 Å². The van der Waals surface area contributed by atoms with Crippen LogP contribution in [0.4, 0.5) is 17.1 Å². The Labute approximate surface area is 306 Å². The van der Waals surface area contributed by atoms with Gasteiger partial charge in [-0.2, -0.15) is 0 Å². The van der Waals surface area contributed by atoms with Crippen LogP contribution in [-0.4, -0.2) is 8.07 Å². The third-order valence-corrected chi connectivity index (χ3v) is 15.9. The quantitative estimate of drug-likeness (QED) is 0.170. The van der Waals surface area contributed by atoms with Crippen LogP contribution in [0.15, 0.2) is 168 Å². The fraction of sp³-hybridized carbons (Fsp3) is 0.0417. The number of fused-ring (bicyclic) bond motifs is 11.